The lowest BCUT2D eigenvalue weighted by molar-refractivity contribution is 0.306. The number of nitrogens with two attached hydrogens (primary N) is 1. The summed E-state index contributed by atoms with van der Waals surface area (Å²) < 4.78 is 7.25. The normalized spacial score (nSPS) is 10.7. The summed E-state index contributed by atoms with van der Waals surface area (Å²) in [5, 5.41) is 3.41. The molecule has 0 aliphatic carbocycles. The second-order valence-corrected chi connectivity index (χ2v) is 6.24. The zero-order valence-corrected chi connectivity index (χ0v) is 13.3. The minimum atomic E-state index is 0.390. The van der Waals surface area contributed by atoms with Crippen LogP contribution in [-0.4, -0.2) is 4.99 Å². The van der Waals surface area contributed by atoms with Gasteiger partial charge in [-0.15, -0.1) is 11.3 Å². The van der Waals surface area contributed by atoms with Crippen molar-refractivity contribution in [3.63, 3.8) is 0 Å². The maximum Gasteiger partial charge on any atom is 0.123 e. The molecule has 0 bridgehead atoms. The van der Waals surface area contributed by atoms with E-state index in [-0.39, 0.29) is 0 Å². The SMILES string of the molecule is Cc1ccc(C(N)=S)cc1OCc1csc2ccccc12. The quantitative estimate of drug-likeness (QED) is 0.724. The molecule has 4 heteroatoms. The Hall–Kier alpha value is -1.91. The number of hydrogen-bond acceptors (Lipinski definition) is 3. The fraction of sp³-hybridized carbons (Fsp3) is 0.118. The average Bonchev–Trinajstić information content (AvgIpc) is 2.89. The Labute approximate surface area is 133 Å². The molecule has 3 aromatic rings. The number of ether oxygens (including phenoxy) is 1. The van der Waals surface area contributed by atoms with Gasteiger partial charge in [0.25, 0.3) is 0 Å². The molecule has 0 unspecified atom stereocenters. The maximum absolute atomic E-state index is 5.97. The molecule has 2 N–H and O–H groups in total. The van der Waals surface area contributed by atoms with E-state index in [0.717, 1.165) is 16.9 Å². The smallest absolute Gasteiger partial charge is 0.123 e. The van der Waals surface area contributed by atoms with Gasteiger partial charge in [0.05, 0.1) is 0 Å². The van der Waals surface area contributed by atoms with Gasteiger partial charge in [-0.1, -0.05) is 42.5 Å². The molecule has 0 aliphatic heterocycles. The number of benzene rings is 2. The van der Waals surface area contributed by atoms with E-state index in [0.29, 0.717) is 11.6 Å². The predicted molar refractivity (Wildman–Crippen MR) is 93.2 cm³/mol. The minimum absolute atomic E-state index is 0.390. The number of thiophene rings is 1. The van der Waals surface area contributed by atoms with Gasteiger partial charge in [0, 0.05) is 15.8 Å². The first-order valence-corrected chi connectivity index (χ1v) is 7.92. The van der Waals surface area contributed by atoms with Gasteiger partial charge in [-0.3, -0.25) is 0 Å². The standard InChI is InChI=1S/C17H15NOS2/c1-11-6-7-12(17(18)20)8-15(11)19-9-13-10-21-16-5-3-2-4-14(13)16/h2-8,10H,9H2,1H3,(H2,18,20). The largest absolute Gasteiger partial charge is 0.489 e. The highest BCUT2D eigenvalue weighted by Crippen LogP contribution is 2.27. The molecule has 0 radical (unpaired) electrons. The van der Waals surface area contributed by atoms with Crippen molar-refractivity contribution in [1.82, 2.24) is 0 Å². The lowest BCUT2D eigenvalue weighted by Gasteiger charge is -2.10. The number of rotatable bonds is 4. The molecule has 1 heterocycles. The molecule has 0 saturated heterocycles. The summed E-state index contributed by atoms with van der Waals surface area (Å²) >= 11 is 6.76. The molecule has 3 rings (SSSR count). The Morgan fingerprint density at radius 1 is 1.24 bits per heavy atom. The monoisotopic (exact) mass is 313 g/mol. The van der Waals surface area contributed by atoms with Crippen molar-refractivity contribution >= 4 is 38.6 Å². The molecule has 0 amide bonds. The molecule has 106 valence electrons. The van der Waals surface area contributed by atoms with Crippen molar-refractivity contribution in [2.24, 2.45) is 5.73 Å². The van der Waals surface area contributed by atoms with Gasteiger partial charge in [-0.05, 0) is 35.4 Å². The van der Waals surface area contributed by atoms with Gasteiger partial charge < -0.3 is 10.5 Å². The molecule has 0 aliphatic rings. The fourth-order valence-corrected chi connectivity index (χ4v) is 3.28. The Morgan fingerprint density at radius 2 is 2.05 bits per heavy atom. The third-order valence-electron chi connectivity index (χ3n) is 3.42. The second-order valence-electron chi connectivity index (χ2n) is 4.89. The number of hydrogen-bond donors (Lipinski definition) is 1. The van der Waals surface area contributed by atoms with E-state index in [1.165, 1.54) is 15.6 Å². The van der Waals surface area contributed by atoms with Crippen molar-refractivity contribution in [3.8, 4) is 5.75 Å². The molecule has 0 fully saturated rings. The summed E-state index contributed by atoms with van der Waals surface area (Å²) in [5.74, 6) is 0.829. The summed E-state index contributed by atoms with van der Waals surface area (Å²) in [7, 11) is 0. The molecule has 0 atom stereocenters. The third-order valence-corrected chi connectivity index (χ3v) is 4.67. The second kappa shape index (κ2) is 5.84. The number of fused-ring (bicyclic) bond motifs is 1. The Kier molecular flexibility index (Phi) is 3.90. The molecule has 2 aromatic carbocycles. The summed E-state index contributed by atoms with van der Waals surface area (Å²) in [6.07, 6.45) is 0. The Morgan fingerprint density at radius 3 is 2.86 bits per heavy atom. The van der Waals surface area contributed by atoms with Crippen molar-refractivity contribution < 1.29 is 4.74 Å². The highest BCUT2D eigenvalue weighted by atomic mass is 32.1. The van der Waals surface area contributed by atoms with Crippen LogP contribution in [0.1, 0.15) is 16.7 Å². The van der Waals surface area contributed by atoms with E-state index in [4.69, 9.17) is 22.7 Å². The summed E-state index contributed by atoms with van der Waals surface area (Å²) in [6, 6.07) is 14.2. The molecule has 0 saturated carbocycles. The highest BCUT2D eigenvalue weighted by molar-refractivity contribution is 7.80. The van der Waals surface area contributed by atoms with Crippen LogP contribution in [0.4, 0.5) is 0 Å². The lowest BCUT2D eigenvalue weighted by atomic mass is 10.1. The van der Waals surface area contributed by atoms with Crippen LogP contribution in [-0.2, 0) is 6.61 Å². The summed E-state index contributed by atoms with van der Waals surface area (Å²) in [6.45, 7) is 2.57. The molecule has 2 nitrogen and oxygen atoms in total. The minimum Gasteiger partial charge on any atom is -0.489 e. The molecular weight excluding hydrogens is 298 g/mol. The van der Waals surface area contributed by atoms with Gasteiger partial charge in [-0.25, -0.2) is 0 Å². The topological polar surface area (TPSA) is 35.2 Å². The Balaban J connectivity index is 1.84. The van der Waals surface area contributed by atoms with Crippen LogP contribution in [0.5, 0.6) is 5.75 Å². The van der Waals surface area contributed by atoms with Crippen molar-refractivity contribution in [1.29, 1.82) is 0 Å². The first-order valence-electron chi connectivity index (χ1n) is 6.63. The van der Waals surface area contributed by atoms with E-state index < -0.39 is 0 Å². The van der Waals surface area contributed by atoms with E-state index >= 15 is 0 Å². The zero-order valence-electron chi connectivity index (χ0n) is 11.6. The van der Waals surface area contributed by atoms with Gasteiger partial charge in [0.2, 0.25) is 0 Å². The molecule has 0 spiro atoms. The van der Waals surface area contributed by atoms with Gasteiger partial charge >= 0.3 is 0 Å². The Bertz CT molecular complexity index is 807. The van der Waals surface area contributed by atoms with Gasteiger partial charge in [-0.2, -0.15) is 0 Å². The molecule has 21 heavy (non-hydrogen) atoms. The predicted octanol–water partition coefficient (Wildman–Crippen LogP) is 4.42. The van der Waals surface area contributed by atoms with E-state index in [9.17, 15) is 0 Å². The number of aryl methyl sites for hydroxylation is 1. The lowest BCUT2D eigenvalue weighted by Crippen LogP contribution is -2.09. The van der Waals surface area contributed by atoms with Gasteiger partial charge in [0.1, 0.15) is 17.3 Å². The first-order chi connectivity index (χ1) is 10.1. The van der Waals surface area contributed by atoms with E-state index in [1.54, 1.807) is 11.3 Å². The van der Waals surface area contributed by atoms with Crippen LogP contribution >= 0.6 is 23.6 Å². The van der Waals surface area contributed by atoms with Crippen LogP contribution < -0.4 is 10.5 Å². The molecule has 1 aromatic heterocycles. The third kappa shape index (κ3) is 2.91. The summed E-state index contributed by atoms with van der Waals surface area (Å²) in [4.78, 5) is 0.390. The average molecular weight is 313 g/mol. The van der Waals surface area contributed by atoms with Crippen molar-refractivity contribution in [3.05, 3.63) is 64.5 Å². The highest BCUT2D eigenvalue weighted by Gasteiger charge is 2.07. The summed E-state index contributed by atoms with van der Waals surface area (Å²) in [5.41, 5.74) is 8.79. The van der Waals surface area contributed by atoms with Crippen LogP contribution in [0.3, 0.4) is 0 Å². The molecular formula is C17H15NOS2. The fourth-order valence-electron chi connectivity index (χ4n) is 2.21. The van der Waals surface area contributed by atoms with E-state index in [2.05, 4.69) is 29.6 Å². The van der Waals surface area contributed by atoms with Crippen LogP contribution in [0.15, 0.2) is 47.8 Å². The van der Waals surface area contributed by atoms with Crippen LogP contribution in [0, 0.1) is 6.92 Å². The van der Waals surface area contributed by atoms with Crippen LogP contribution in [0.2, 0.25) is 0 Å². The number of thiocarbonyl (C=S) groups is 1. The van der Waals surface area contributed by atoms with Crippen molar-refractivity contribution in [2.45, 2.75) is 13.5 Å². The van der Waals surface area contributed by atoms with Crippen LogP contribution in [0.25, 0.3) is 10.1 Å². The first kappa shape index (κ1) is 14.0. The maximum atomic E-state index is 5.97. The van der Waals surface area contributed by atoms with E-state index in [1.807, 2.05) is 25.1 Å². The van der Waals surface area contributed by atoms with Gasteiger partial charge in [0.15, 0.2) is 0 Å². The zero-order chi connectivity index (χ0) is 14.8. The van der Waals surface area contributed by atoms with Crippen molar-refractivity contribution in [2.75, 3.05) is 0 Å².